The van der Waals surface area contributed by atoms with Crippen molar-refractivity contribution in [2.75, 3.05) is 19.4 Å². The predicted molar refractivity (Wildman–Crippen MR) is 68.9 cm³/mol. The Labute approximate surface area is 101 Å². The highest BCUT2D eigenvalue weighted by molar-refractivity contribution is 6.32. The Kier molecular flexibility index (Phi) is 3.96. The molecule has 2 amide bonds. The molecule has 0 heterocycles. The smallest absolute Gasteiger partial charge is 0.321 e. The zero-order valence-electron chi connectivity index (χ0n) is 9.67. The van der Waals surface area contributed by atoms with Gasteiger partial charge in [0, 0.05) is 19.8 Å². The highest BCUT2D eigenvalue weighted by Gasteiger charge is 2.06. The number of rotatable bonds is 2. The highest BCUT2D eigenvalue weighted by Crippen LogP contribution is 2.25. The van der Waals surface area contributed by atoms with Crippen molar-refractivity contribution in [3.8, 4) is 0 Å². The van der Waals surface area contributed by atoms with Crippen molar-refractivity contribution in [2.24, 2.45) is 0 Å². The Morgan fingerprint density at radius 2 is 2.06 bits per heavy atom. The van der Waals surface area contributed by atoms with Gasteiger partial charge in [0.2, 0.25) is 0 Å². The van der Waals surface area contributed by atoms with Crippen LogP contribution >= 0.6 is 11.6 Å². The molecule has 0 unspecified atom stereocenters. The van der Waals surface area contributed by atoms with E-state index in [4.69, 9.17) is 11.6 Å². The van der Waals surface area contributed by atoms with Crippen LogP contribution in [0.4, 0.5) is 10.5 Å². The summed E-state index contributed by atoms with van der Waals surface area (Å²) in [5, 5.41) is 3.31. The van der Waals surface area contributed by atoms with Crippen LogP contribution in [0.5, 0.6) is 0 Å². The number of carbonyl (C=O) groups excluding carboxylic acids is 1. The first-order chi connectivity index (χ1) is 7.41. The predicted octanol–water partition coefficient (Wildman–Crippen LogP) is 3.47. The molecule has 1 N–H and O–H groups in total. The van der Waals surface area contributed by atoms with E-state index in [1.54, 1.807) is 26.2 Å². The van der Waals surface area contributed by atoms with Gasteiger partial charge in [0.25, 0.3) is 0 Å². The summed E-state index contributed by atoms with van der Waals surface area (Å²) in [6.45, 7) is 5.71. The third-order valence-electron chi connectivity index (χ3n) is 2.09. The summed E-state index contributed by atoms with van der Waals surface area (Å²) in [4.78, 5) is 12.9. The summed E-state index contributed by atoms with van der Waals surface area (Å²) < 4.78 is 0. The van der Waals surface area contributed by atoms with Crippen LogP contribution in [0.25, 0.3) is 5.57 Å². The van der Waals surface area contributed by atoms with Gasteiger partial charge in [-0.1, -0.05) is 24.2 Å². The van der Waals surface area contributed by atoms with Gasteiger partial charge in [0.15, 0.2) is 0 Å². The number of hydrogen-bond acceptors (Lipinski definition) is 1. The normalized spacial score (nSPS) is 9.75. The SMILES string of the molecule is C=C(C)c1ccc(NC(=O)N(C)C)cc1Cl. The molecule has 16 heavy (non-hydrogen) atoms. The monoisotopic (exact) mass is 238 g/mol. The second-order valence-electron chi connectivity index (χ2n) is 3.80. The maximum atomic E-state index is 11.4. The van der Waals surface area contributed by atoms with Crippen molar-refractivity contribution >= 4 is 28.9 Å². The first kappa shape index (κ1) is 12.6. The van der Waals surface area contributed by atoms with Crippen LogP contribution < -0.4 is 5.32 Å². The fraction of sp³-hybridized carbons (Fsp3) is 0.250. The van der Waals surface area contributed by atoms with Gasteiger partial charge in [-0.05, 0) is 30.2 Å². The molecule has 0 aliphatic carbocycles. The van der Waals surface area contributed by atoms with Crippen molar-refractivity contribution in [1.29, 1.82) is 0 Å². The van der Waals surface area contributed by atoms with E-state index >= 15 is 0 Å². The molecule has 0 bridgehead atoms. The van der Waals surface area contributed by atoms with E-state index < -0.39 is 0 Å². The molecule has 86 valence electrons. The minimum absolute atomic E-state index is 0.181. The highest BCUT2D eigenvalue weighted by atomic mass is 35.5. The molecule has 0 atom stereocenters. The fourth-order valence-electron chi connectivity index (χ4n) is 1.17. The zero-order valence-corrected chi connectivity index (χ0v) is 10.4. The maximum absolute atomic E-state index is 11.4. The summed E-state index contributed by atoms with van der Waals surface area (Å²) in [7, 11) is 3.36. The van der Waals surface area contributed by atoms with Crippen molar-refractivity contribution in [3.05, 3.63) is 35.4 Å². The van der Waals surface area contributed by atoms with Crippen molar-refractivity contribution < 1.29 is 4.79 Å². The molecule has 0 saturated carbocycles. The molecule has 0 fully saturated rings. The topological polar surface area (TPSA) is 32.3 Å². The molecule has 0 radical (unpaired) electrons. The number of nitrogens with one attached hydrogen (secondary N) is 1. The number of benzene rings is 1. The quantitative estimate of drug-likeness (QED) is 0.841. The van der Waals surface area contributed by atoms with Gasteiger partial charge in [-0.2, -0.15) is 0 Å². The van der Waals surface area contributed by atoms with E-state index in [9.17, 15) is 4.79 Å². The van der Waals surface area contributed by atoms with Gasteiger partial charge < -0.3 is 10.2 Å². The molecule has 1 rings (SSSR count). The maximum Gasteiger partial charge on any atom is 0.321 e. The molecule has 0 spiro atoms. The lowest BCUT2D eigenvalue weighted by Crippen LogP contribution is -2.27. The molecule has 1 aromatic carbocycles. The third-order valence-corrected chi connectivity index (χ3v) is 2.40. The van der Waals surface area contributed by atoms with Crippen LogP contribution in [0, 0.1) is 0 Å². The van der Waals surface area contributed by atoms with Gasteiger partial charge in [-0.15, -0.1) is 0 Å². The lowest BCUT2D eigenvalue weighted by Gasteiger charge is -2.13. The summed E-state index contributed by atoms with van der Waals surface area (Å²) in [6, 6.07) is 5.18. The first-order valence-corrected chi connectivity index (χ1v) is 5.23. The lowest BCUT2D eigenvalue weighted by atomic mass is 10.1. The molecular weight excluding hydrogens is 224 g/mol. The van der Waals surface area contributed by atoms with Gasteiger partial charge in [0.05, 0.1) is 5.02 Å². The van der Waals surface area contributed by atoms with E-state index in [-0.39, 0.29) is 6.03 Å². The molecule has 0 aromatic heterocycles. The van der Waals surface area contributed by atoms with E-state index in [1.165, 1.54) is 4.90 Å². The summed E-state index contributed by atoms with van der Waals surface area (Å²) in [6.07, 6.45) is 0. The standard InChI is InChI=1S/C12H15ClN2O/c1-8(2)10-6-5-9(7-11(10)13)14-12(16)15(3)4/h5-7H,1H2,2-4H3,(H,14,16). The molecule has 4 heteroatoms. The zero-order chi connectivity index (χ0) is 12.3. The Morgan fingerprint density at radius 3 is 2.50 bits per heavy atom. The van der Waals surface area contributed by atoms with Crippen molar-refractivity contribution in [2.45, 2.75) is 6.92 Å². The van der Waals surface area contributed by atoms with Gasteiger partial charge in [-0.3, -0.25) is 0 Å². The van der Waals surface area contributed by atoms with E-state index in [0.717, 1.165) is 11.1 Å². The second-order valence-corrected chi connectivity index (χ2v) is 4.21. The van der Waals surface area contributed by atoms with E-state index in [1.807, 2.05) is 13.0 Å². The molecule has 0 aliphatic rings. The number of anilines is 1. The number of amides is 2. The molecule has 0 aliphatic heterocycles. The van der Waals surface area contributed by atoms with Gasteiger partial charge >= 0.3 is 6.03 Å². The third kappa shape index (κ3) is 3.00. The van der Waals surface area contributed by atoms with Crippen LogP contribution in [0.3, 0.4) is 0 Å². The molecule has 3 nitrogen and oxygen atoms in total. The minimum atomic E-state index is -0.181. The lowest BCUT2D eigenvalue weighted by molar-refractivity contribution is 0.230. The second kappa shape index (κ2) is 5.03. The van der Waals surface area contributed by atoms with Gasteiger partial charge in [-0.25, -0.2) is 4.79 Å². The van der Waals surface area contributed by atoms with Crippen LogP contribution in [0.1, 0.15) is 12.5 Å². The number of hydrogen-bond donors (Lipinski definition) is 1. The fourth-order valence-corrected chi connectivity index (χ4v) is 1.52. The molecule has 1 aromatic rings. The van der Waals surface area contributed by atoms with E-state index in [0.29, 0.717) is 10.7 Å². The average Bonchev–Trinajstić information content (AvgIpc) is 2.16. The van der Waals surface area contributed by atoms with Gasteiger partial charge in [0.1, 0.15) is 0 Å². The number of carbonyl (C=O) groups is 1. The number of urea groups is 1. The average molecular weight is 239 g/mol. The number of halogens is 1. The van der Waals surface area contributed by atoms with Crippen molar-refractivity contribution in [3.63, 3.8) is 0 Å². The Hall–Kier alpha value is -1.48. The number of allylic oxidation sites excluding steroid dienone is 1. The van der Waals surface area contributed by atoms with Crippen LogP contribution in [0.2, 0.25) is 5.02 Å². The summed E-state index contributed by atoms with van der Waals surface area (Å²) >= 11 is 6.06. The summed E-state index contributed by atoms with van der Waals surface area (Å²) in [5.41, 5.74) is 2.47. The Balaban J connectivity index is 2.90. The number of nitrogens with zero attached hydrogens (tertiary/aromatic N) is 1. The first-order valence-electron chi connectivity index (χ1n) is 4.85. The Bertz CT molecular complexity index is 427. The largest absolute Gasteiger partial charge is 0.331 e. The van der Waals surface area contributed by atoms with E-state index in [2.05, 4.69) is 11.9 Å². The molecular formula is C12H15ClN2O. The van der Waals surface area contributed by atoms with Crippen molar-refractivity contribution in [1.82, 2.24) is 4.90 Å². The van der Waals surface area contributed by atoms with Crippen LogP contribution in [0.15, 0.2) is 24.8 Å². The Morgan fingerprint density at radius 1 is 1.44 bits per heavy atom. The van der Waals surface area contributed by atoms with Crippen LogP contribution in [-0.4, -0.2) is 25.0 Å². The van der Waals surface area contributed by atoms with Crippen LogP contribution in [-0.2, 0) is 0 Å². The minimum Gasteiger partial charge on any atom is -0.331 e. The summed E-state index contributed by atoms with van der Waals surface area (Å²) in [5.74, 6) is 0. The molecule has 0 saturated heterocycles.